The van der Waals surface area contributed by atoms with Crippen LogP contribution in [0, 0.1) is 11.7 Å². The van der Waals surface area contributed by atoms with Crippen LogP contribution in [0.15, 0.2) is 39.4 Å². The number of hydrogen-bond donors (Lipinski definition) is 3. The third-order valence-corrected chi connectivity index (χ3v) is 6.79. The highest BCUT2D eigenvalue weighted by molar-refractivity contribution is 7.93. The molecule has 0 saturated heterocycles. The molecule has 140 valence electrons. The summed E-state index contributed by atoms with van der Waals surface area (Å²) in [5, 5.41) is 12.0. The normalized spacial score (nSPS) is 12.8. The molecule has 0 saturated carbocycles. The molecule has 0 radical (unpaired) electrons. The fourth-order valence-corrected chi connectivity index (χ4v) is 4.77. The lowest BCUT2D eigenvalue weighted by molar-refractivity contribution is -0.125. The summed E-state index contributed by atoms with van der Waals surface area (Å²) in [7, 11) is -4.03. The minimum Gasteiger partial charge on any atom is -0.383 e. The number of halogens is 1. The zero-order chi connectivity index (χ0) is 19.6. The lowest BCUT2D eigenvalue weighted by atomic mass is 10.1. The van der Waals surface area contributed by atoms with Crippen LogP contribution in [0.3, 0.4) is 0 Å². The first-order valence-corrected chi connectivity index (χ1v) is 9.77. The van der Waals surface area contributed by atoms with E-state index in [1.807, 2.05) is 0 Å². The van der Waals surface area contributed by atoms with Crippen LogP contribution in [0.4, 0.5) is 9.39 Å². The van der Waals surface area contributed by atoms with Gasteiger partial charge in [-0.3, -0.25) is 9.59 Å². The van der Waals surface area contributed by atoms with E-state index in [0.29, 0.717) is 11.3 Å². The van der Waals surface area contributed by atoms with Gasteiger partial charge in [0.1, 0.15) is 21.1 Å². The van der Waals surface area contributed by atoms with Gasteiger partial charge < -0.3 is 16.2 Å². The number of nitrogens with one attached hydrogen (secondary N) is 1. The van der Waals surface area contributed by atoms with Crippen LogP contribution >= 0.6 is 11.3 Å². The van der Waals surface area contributed by atoms with Gasteiger partial charge in [-0.15, -0.1) is 11.3 Å². The molecule has 26 heavy (non-hydrogen) atoms. The minimum atomic E-state index is -4.03. The van der Waals surface area contributed by atoms with E-state index in [2.05, 4.69) is 5.32 Å². The minimum absolute atomic E-state index is 0.0807. The first-order chi connectivity index (χ1) is 12.0. The summed E-state index contributed by atoms with van der Waals surface area (Å²) in [6, 6.07) is 5.22. The van der Waals surface area contributed by atoms with Crippen LogP contribution in [0.5, 0.6) is 0 Å². The molecule has 2 rings (SSSR count). The molecule has 0 aliphatic rings. The smallest absolute Gasteiger partial charge is 0.254 e. The van der Waals surface area contributed by atoms with Crippen molar-refractivity contribution < 1.29 is 27.5 Å². The Morgan fingerprint density at radius 3 is 2.31 bits per heavy atom. The van der Waals surface area contributed by atoms with Gasteiger partial charge in [0.15, 0.2) is 0 Å². The van der Waals surface area contributed by atoms with Crippen LogP contribution in [0.25, 0.3) is 0 Å². The third-order valence-electron chi connectivity index (χ3n) is 3.50. The predicted molar refractivity (Wildman–Crippen MR) is 94.2 cm³/mol. The molecular formula is C16H17FN2O5S2. The highest BCUT2D eigenvalue weighted by Crippen LogP contribution is 2.34. The number of benzene rings is 1. The van der Waals surface area contributed by atoms with Crippen molar-refractivity contribution in [3.63, 3.8) is 0 Å². The number of anilines is 1. The number of carbonyl (C=O) groups excluding carboxylic acids is 2. The second-order valence-corrected chi connectivity index (χ2v) is 9.04. The Bertz CT molecular complexity index is 936. The zero-order valence-corrected chi connectivity index (χ0v) is 15.5. The SMILES string of the molecule is CC(C)C(O)C(=O)Nc1sc(S(=O)(=O)c2ccc(F)cc2)cc1C(N)=O. The molecule has 2 aromatic rings. The average molecular weight is 400 g/mol. The van der Waals surface area contributed by atoms with E-state index in [1.165, 1.54) is 0 Å². The topological polar surface area (TPSA) is 127 Å². The number of amides is 2. The Morgan fingerprint density at radius 2 is 1.81 bits per heavy atom. The van der Waals surface area contributed by atoms with Crippen LogP contribution in [0.1, 0.15) is 24.2 Å². The highest BCUT2D eigenvalue weighted by Gasteiger charge is 2.27. The molecule has 10 heteroatoms. The van der Waals surface area contributed by atoms with Gasteiger partial charge in [-0.05, 0) is 36.2 Å². The van der Waals surface area contributed by atoms with Crippen LogP contribution in [-0.2, 0) is 14.6 Å². The molecule has 4 N–H and O–H groups in total. The monoisotopic (exact) mass is 400 g/mol. The standard InChI is InChI=1S/C16H17FN2O5S2/c1-8(2)13(20)15(22)19-16-11(14(18)21)7-12(25-16)26(23,24)10-5-3-9(17)4-6-10/h3-8,13,20H,1-2H3,(H2,18,21)(H,19,22). The maximum Gasteiger partial charge on any atom is 0.254 e. The molecule has 0 spiro atoms. The Labute approximate surface area is 153 Å². The second kappa shape index (κ2) is 7.52. The number of thiophene rings is 1. The van der Waals surface area contributed by atoms with Gasteiger partial charge in [0, 0.05) is 0 Å². The van der Waals surface area contributed by atoms with E-state index < -0.39 is 33.6 Å². The number of aliphatic hydroxyl groups is 1. The van der Waals surface area contributed by atoms with Gasteiger partial charge in [-0.25, -0.2) is 12.8 Å². The Morgan fingerprint density at radius 1 is 1.23 bits per heavy atom. The number of hydrogen-bond acceptors (Lipinski definition) is 6. The van der Waals surface area contributed by atoms with Crippen molar-refractivity contribution in [2.75, 3.05) is 5.32 Å². The van der Waals surface area contributed by atoms with E-state index >= 15 is 0 Å². The molecule has 1 heterocycles. The van der Waals surface area contributed by atoms with Gasteiger partial charge in [-0.1, -0.05) is 13.8 Å². The summed E-state index contributed by atoms with van der Waals surface area (Å²) in [6.07, 6.45) is -1.34. The van der Waals surface area contributed by atoms with Gasteiger partial charge in [0.05, 0.1) is 10.5 Å². The summed E-state index contributed by atoms with van der Waals surface area (Å²) < 4.78 is 38.0. The van der Waals surface area contributed by atoms with Crippen LogP contribution in [-0.4, -0.2) is 31.4 Å². The van der Waals surface area contributed by atoms with Crippen LogP contribution in [0.2, 0.25) is 0 Å². The molecule has 1 aromatic carbocycles. The third kappa shape index (κ3) is 4.09. The predicted octanol–water partition coefficient (Wildman–Crippen LogP) is 1.77. The molecule has 1 unspecified atom stereocenters. The zero-order valence-electron chi connectivity index (χ0n) is 13.9. The number of nitrogens with two attached hydrogens (primary N) is 1. The van der Waals surface area contributed by atoms with E-state index in [4.69, 9.17) is 5.73 Å². The fourth-order valence-electron chi connectivity index (χ4n) is 2.00. The Kier molecular flexibility index (Phi) is 5.79. The molecule has 0 aliphatic heterocycles. The number of aliphatic hydroxyl groups excluding tert-OH is 1. The first kappa shape index (κ1) is 20.0. The maximum absolute atomic E-state index is 13.0. The average Bonchev–Trinajstić information content (AvgIpc) is 2.99. The van der Waals surface area contributed by atoms with Crippen molar-refractivity contribution in [1.29, 1.82) is 0 Å². The Balaban J connectivity index is 2.44. The number of sulfone groups is 1. The lowest BCUT2D eigenvalue weighted by Gasteiger charge is -2.13. The largest absolute Gasteiger partial charge is 0.383 e. The first-order valence-electron chi connectivity index (χ1n) is 7.47. The summed E-state index contributed by atoms with van der Waals surface area (Å²) >= 11 is 0.626. The van der Waals surface area contributed by atoms with Crippen molar-refractivity contribution in [2.45, 2.75) is 29.1 Å². The lowest BCUT2D eigenvalue weighted by Crippen LogP contribution is -2.32. The molecule has 0 bridgehead atoms. The van der Waals surface area contributed by atoms with Gasteiger partial charge in [-0.2, -0.15) is 0 Å². The molecule has 7 nitrogen and oxygen atoms in total. The molecule has 0 fully saturated rings. The molecule has 1 atom stereocenters. The van der Waals surface area contributed by atoms with E-state index in [9.17, 15) is 27.5 Å². The van der Waals surface area contributed by atoms with E-state index in [1.54, 1.807) is 13.8 Å². The highest BCUT2D eigenvalue weighted by atomic mass is 32.2. The van der Waals surface area contributed by atoms with Crippen molar-refractivity contribution in [2.24, 2.45) is 11.7 Å². The summed E-state index contributed by atoms with van der Waals surface area (Å²) in [5.74, 6) is -2.69. The summed E-state index contributed by atoms with van der Waals surface area (Å²) in [4.78, 5) is 23.4. The van der Waals surface area contributed by atoms with Gasteiger partial charge >= 0.3 is 0 Å². The fraction of sp³-hybridized carbons (Fsp3) is 0.250. The maximum atomic E-state index is 13.0. The van der Waals surface area contributed by atoms with Crippen molar-refractivity contribution in [3.8, 4) is 0 Å². The van der Waals surface area contributed by atoms with Crippen molar-refractivity contribution in [1.82, 2.24) is 0 Å². The quantitative estimate of drug-likeness (QED) is 0.637. The molecular weight excluding hydrogens is 383 g/mol. The van der Waals surface area contributed by atoms with Gasteiger partial charge in [0.2, 0.25) is 9.84 Å². The summed E-state index contributed by atoms with van der Waals surface area (Å²) in [5.41, 5.74) is 5.06. The number of carbonyl (C=O) groups is 2. The number of rotatable bonds is 6. The van der Waals surface area contributed by atoms with E-state index in [-0.39, 0.29) is 25.6 Å². The number of primary amides is 1. The van der Waals surface area contributed by atoms with Gasteiger partial charge in [0.25, 0.3) is 11.8 Å². The molecule has 0 aliphatic carbocycles. The summed E-state index contributed by atoms with van der Waals surface area (Å²) in [6.45, 7) is 3.25. The van der Waals surface area contributed by atoms with Crippen molar-refractivity contribution in [3.05, 3.63) is 41.7 Å². The second-order valence-electron chi connectivity index (χ2n) is 5.81. The Hall–Kier alpha value is -2.30. The molecule has 1 aromatic heterocycles. The van der Waals surface area contributed by atoms with Crippen LogP contribution < -0.4 is 11.1 Å². The molecule has 2 amide bonds. The van der Waals surface area contributed by atoms with Crippen molar-refractivity contribution >= 4 is 38.0 Å². The van der Waals surface area contributed by atoms with E-state index in [0.717, 1.165) is 30.3 Å².